The van der Waals surface area contributed by atoms with Crippen molar-refractivity contribution in [1.82, 2.24) is 9.97 Å². The van der Waals surface area contributed by atoms with Crippen LogP contribution in [0.1, 0.15) is 37.6 Å². The normalized spacial score (nSPS) is 20.1. The van der Waals surface area contributed by atoms with Crippen molar-refractivity contribution in [2.45, 2.75) is 39.3 Å². The summed E-state index contributed by atoms with van der Waals surface area (Å²) in [6.07, 6.45) is 4.02. The first-order valence-corrected chi connectivity index (χ1v) is 7.60. The van der Waals surface area contributed by atoms with Crippen LogP contribution < -0.4 is 10.2 Å². The van der Waals surface area contributed by atoms with Gasteiger partial charge in [-0.25, -0.2) is 9.37 Å². The summed E-state index contributed by atoms with van der Waals surface area (Å²) in [4.78, 5) is 22.2. The molecule has 3 rings (SSSR count). The Balaban J connectivity index is 1.98. The number of nitrogens with one attached hydrogen (secondary N) is 1. The molecule has 0 fully saturated rings. The summed E-state index contributed by atoms with van der Waals surface area (Å²) in [7, 11) is 0. The van der Waals surface area contributed by atoms with Crippen molar-refractivity contribution in [3.05, 3.63) is 47.7 Å². The fourth-order valence-electron chi connectivity index (χ4n) is 3.10. The molecule has 0 radical (unpaired) electrons. The average molecular weight is 314 g/mol. The van der Waals surface area contributed by atoms with Gasteiger partial charge in [0, 0.05) is 24.2 Å². The van der Waals surface area contributed by atoms with E-state index in [1.165, 1.54) is 19.1 Å². The fraction of sp³-hybridized carbons (Fsp3) is 0.353. The first kappa shape index (κ1) is 15.4. The zero-order chi connectivity index (χ0) is 16.6. The van der Waals surface area contributed by atoms with Gasteiger partial charge in [0.2, 0.25) is 5.91 Å². The van der Waals surface area contributed by atoms with Crippen molar-refractivity contribution in [2.24, 2.45) is 0 Å². The minimum absolute atomic E-state index is 0.0152. The molecule has 0 bridgehead atoms. The van der Waals surface area contributed by atoms with E-state index in [1.54, 1.807) is 23.4 Å². The van der Waals surface area contributed by atoms with Crippen LogP contribution in [-0.4, -0.2) is 21.9 Å². The molecule has 2 heterocycles. The number of nitrogens with zero attached hydrogens (tertiary/aromatic N) is 3. The van der Waals surface area contributed by atoms with E-state index >= 15 is 0 Å². The van der Waals surface area contributed by atoms with Crippen LogP contribution in [0.4, 0.5) is 15.9 Å². The third-order valence-corrected chi connectivity index (χ3v) is 4.08. The zero-order valence-corrected chi connectivity index (χ0v) is 13.4. The Morgan fingerprint density at radius 1 is 1.35 bits per heavy atom. The standard InChI is InChI=1S/C17H19FN4O/c1-10-8-20-17(9-19-10)21-15-6-11(2)22(12(3)23)16-5-4-13(18)7-14(15)16/h4-5,7-9,11,15H,6H2,1-3H3,(H,20,21)/t11-,15+/m0/s1. The molecule has 1 N–H and O–H groups in total. The molecule has 1 aliphatic heterocycles. The first-order chi connectivity index (χ1) is 11.0. The molecule has 2 aromatic rings. The van der Waals surface area contributed by atoms with E-state index in [9.17, 15) is 9.18 Å². The lowest BCUT2D eigenvalue weighted by atomic mass is 9.91. The van der Waals surface area contributed by atoms with E-state index in [4.69, 9.17) is 0 Å². The average Bonchev–Trinajstić information content (AvgIpc) is 2.49. The third-order valence-electron chi connectivity index (χ3n) is 4.08. The number of aryl methyl sites for hydroxylation is 1. The monoisotopic (exact) mass is 314 g/mol. The van der Waals surface area contributed by atoms with Gasteiger partial charge in [-0.15, -0.1) is 0 Å². The number of amides is 1. The highest BCUT2D eigenvalue weighted by atomic mass is 19.1. The molecule has 23 heavy (non-hydrogen) atoms. The molecule has 6 heteroatoms. The number of halogens is 1. The molecule has 1 aromatic heterocycles. The van der Waals surface area contributed by atoms with Gasteiger partial charge in [-0.2, -0.15) is 0 Å². The minimum atomic E-state index is -0.316. The highest BCUT2D eigenvalue weighted by molar-refractivity contribution is 5.93. The van der Waals surface area contributed by atoms with Gasteiger partial charge in [0.25, 0.3) is 0 Å². The van der Waals surface area contributed by atoms with Crippen molar-refractivity contribution >= 4 is 17.4 Å². The summed E-state index contributed by atoms with van der Waals surface area (Å²) in [6, 6.07) is 4.42. The molecular formula is C17H19FN4O. The lowest BCUT2D eigenvalue weighted by Crippen LogP contribution is -2.43. The number of rotatable bonds is 2. The van der Waals surface area contributed by atoms with Gasteiger partial charge in [-0.3, -0.25) is 9.78 Å². The van der Waals surface area contributed by atoms with Gasteiger partial charge in [-0.1, -0.05) is 0 Å². The SMILES string of the molecule is CC(=O)N1c2ccc(F)cc2[C@H](Nc2cnc(C)cn2)C[C@@H]1C. The lowest BCUT2D eigenvalue weighted by molar-refractivity contribution is -0.117. The van der Waals surface area contributed by atoms with Gasteiger partial charge in [-0.05, 0) is 38.5 Å². The minimum Gasteiger partial charge on any atom is -0.362 e. The highest BCUT2D eigenvalue weighted by Crippen LogP contribution is 2.39. The second-order valence-corrected chi connectivity index (χ2v) is 5.92. The number of fused-ring (bicyclic) bond motifs is 1. The van der Waals surface area contributed by atoms with Gasteiger partial charge in [0.05, 0.1) is 24.1 Å². The number of aromatic nitrogens is 2. The summed E-state index contributed by atoms with van der Waals surface area (Å²) < 4.78 is 13.7. The molecule has 1 aromatic carbocycles. The smallest absolute Gasteiger partial charge is 0.224 e. The predicted octanol–water partition coefficient (Wildman–Crippen LogP) is 3.22. The first-order valence-electron chi connectivity index (χ1n) is 7.60. The van der Waals surface area contributed by atoms with E-state index in [0.717, 1.165) is 16.9 Å². The number of hydrogen-bond acceptors (Lipinski definition) is 4. The molecule has 0 spiro atoms. The van der Waals surface area contributed by atoms with Gasteiger partial charge < -0.3 is 10.2 Å². The summed E-state index contributed by atoms with van der Waals surface area (Å²) in [5, 5.41) is 3.30. The van der Waals surface area contributed by atoms with Gasteiger partial charge in [0.15, 0.2) is 0 Å². The molecule has 2 atom stereocenters. The molecule has 1 aliphatic rings. The van der Waals surface area contributed by atoms with Crippen molar-refractivity contribution in [3.63, 3.8) is 0 Å². The molecular weight excluding hydrogens is 295 g/mol. The maximum atomic E-state index is 13.7. The fourth-order valence-corrected chi connectivity index (χ4v) is 3.10. The molecule has 0 unspecified atom stereocenters. The molecule has 0 saturated heterocycles. The topological polar surface area (TPSA) is 58.1 Å². The Hall–Kier alpha value is -2.50. The summed E-state index contributed by atoms with van der Waals surface area (Å²) in [6.45, 7) is 5.39. The maximum Gasteiger partial charge on any atom is 0.224 e. The van der Waals surface area contributed by atoms with Crippen LogP contribution in [-0.2, 0) is 4.79 Å². The number of anilines is 2. The molecule has 1 amide bonds. The molecule has 0 aliphatic carbocycles. The van der Waals surface area contributed by atoms with E-state index in [-0.39, 0.29) is 23.8 Å². The predicted molar refractivity (Wildman–Crippen MR) is 86.8 cm³/mol. The van der Waals surface area contributed by atoms with Gasteiger partial charge >= 0.3 is 0 Å². The number of benzene rings is 1. The highest BCUT2D eigenvalue weighted by Gasteiger charge is 2.32. The Kier molecular flexibility index (Phi) is 3.98. The van der Waals surface area contributed by atoms with Crippen LogP contribution in [0, 0.1) is 12.7 Å². The van der Waals surface area contributed by atoms with Crippen LogP contribution >= 0.6 is 0 Å². The maximum absolute atomic E-state index is 13.7. The Morgan fingerprint density at radius 2 is 2.13 bits per heavy atom. The van der Waals surface area contributed by atoms with Crippen molar-refractivity contribution < 1.29 is 9.18 Å². The molecule has 120 valence electrons. The van der Waals surface area contributed by atoms with Crippen LogP contribution in [0.3, 0.4) is 0 Å². The zero-order valence-electron chi connectivity index (χ0n) is 13.4. The molecule has 5 nitrogen and oxygen atoms in total. The van der Waals surface area contributed by atoms with E-state index in [0.29, 0.717) is 12.2 Å². The Labute approximate surface area is 134 Å². The number of carbonyl (C=O) groups is 1. The van der Waals surface area contributed by atoms with Crippen molar-refractivity contribution in [2.75, 3.05) is 10.2 Å². The third kappa shape index (κ3) is 3.02. The second kappa shape index (κ2) is 5.95. The largest absolute Gasteiger partial charge is 0.362 e. The summed E-state index contributed by atoms with van der Waals surface area (Å²) in [5.41, 5.74) is 2.35. The Morgan fingerprint density at radius 3 is 2.78 bits per heavy atom. The summed E-state index contributed by atoms with van der Waals surface area (Å²) in [5.74, 6) is 0.279. The van der Waals surface area contributed by atoms with Crippen LogP contribution in [0.25, 0.3) is 0 Å². The van der Waals surface area contributed by atoms with Gasteiger partial charge in [0.1, 0.15) is 11.6 Å². The lowest BCUT2D eigenvalue weighted by Gasteiger charge is -2.39. The number of hydrogen-bond donors (Lipinski definition) is 1. The van der Waals surface area contributed by atoms with E-state index < -0.39 is 0 Å². The quantitative estimate of drug-likeness (QED) is 0.924. The van der Waals surface area contributed by atoms with Crippen molar-refractivity contribution in [1.29, 1.82) is 0 Å². The summed E-state index contributed by atoms with van der Waals surface area (Å²) >= 11 is 0. The Bertz CT molecular complexity index is 732. The van der Waals surface area contributed by atoms with Crippen molar-refractivity contribution in [3.8, 4) is 0 Å². The van der Waals surface area contributed by atoms with E-state index in [2.05, 4.69) is 15.3 Å². The second-order valence-electron chi connectivity index (χ2n) is 5.92. The van der Waals surface area contributed by atoms with Crippen LogP contribution in [0.5, 0.6) is 0 Å². The van der Waals surface area contributed by atoms with E-state index in [1.807, 2.05) is 13.8 Å². The number of carbonyl (C=O) groups excluding carboxylic acids is 1. The molecule has 0 saturated carbocycles. The van der Waals surface area contributed by atoms with Crippen LogP contribution in [0.2, 0.25) is 0 Å². The van der Waals surface area contributed by atoms with Crippen LogP contribution in [0.15, 0.2) is 30.6 Å².